The van der Waals surface area contributed by atoms with Gasteiger partial charge in [-0.15, -0.1) is 0 Å². The number of hydrogen-bond donors (Lipinski definition) is 1. The lowest BCUT2D eigenvalue weighted by Gasteiger charge is -2.48. The number of rotatable bonds is 8. The Balaban J connectivity index is 1.40. The van der Waals surface area contributed by atoms with Crippen LogP contribution in [0.25, 0.3) is 11.1 Å². The van der Waals surface area contributed by atoms with Crippen molar-refractivity contribution in [2.24, 2.45) is 5.92 Å². The third-order valence-electron chi connectivity index (χ3n) is 6.86. The van der Waals surface area contributed by atoms with Crippen molar-refractivity contribution in [2.75, 3.05) is 4.90 Å². The topological polar surface area (TPSA) is 57.6 Å². The molecule has 1 saturated heterocycles. The Bertz CT molecular complexity index is 1410. The molecule has 1 N–H and O–H groups in total. The Labute approximate surface area is 215 Å². The largest absolute Gasteiger partial charge is 0.388 e. The van der Waals surface area contributed by atoms with E-state index >= 15 is 0 Å². The average molecular weight is 515 g/mol. The second-order valence-corrected chi connectivity index (χ2v) is 9.84. The van der Waals surface area contributed by atoms with Gasteiger partial charge in [-0.05, 0) is 83.6 Å². The molecule has 0 unspecified atom stereocenters. The minimum Gasteiger partial charge on any atom is -0.388 e. The summed E-state index contributed by atoms with van der Waals surface area (Å²) in [5, 5.41) is 11.3. The summed E-state index contributed by atoms with van der Waals surface area (Å²) in [6.07, 6.45) is -0.0369. The molecule has 1 fully saturated rings. The summed E-state index contributed by atoms with van der Waals surface area (Å²) in [5.41, 5.74) is 4.03. The van der Waals surface area contributed by atoms with Gasteiger partial charge in [0, 0.05) is 11.0 Å². The van der Waals surface area contributed by atoms with Gasteiger partial charge in [0.05, 0.1) is 18.1 Å². The highest BCUT2D eigenvalue weighted by atomic mass is 31.1. The zero-order valence-electron chi connectivity index (χ0n) is 19.8. The van der Waals surface area contributed by atoms with E-state index in [1.165, 1.54) is 24.3 Å². The smallest absolute Gasteiger partial charge is 0.233 e. The number of carbonyl (C=O) groups excluding carboxylic acids is 1. The van der Waals surface area contributed by atoms with Gasteiger partial charge < -0.3 is 10.0 Å². The second kappa shape index (κ2) is 10.7. The predicted octanol–water partition coefficient (Wildman–Crippen LogP) is 6.77. The summed E-state index contributed by atoms with van der Waals surface area (Å²) in [7, 11) is -0.0408. The number of hydrogen-bond acceptors (Lipinski definition) is 3. The van der Waals surface area contributed by atoms with E-state index in [-0.39, 0.29) is 38.0 Å². The first kappa shape index (κ1) is 24.9. The molecule has 4 nitrogen and oxygen atoms in total. The molecule has 0 bridgehead atoms. The molecule has 3 atom stereocenters. The molecule has 0 aliphatic carbocycles. The minimum absolute atomic E-state index is 0.0408. The van der Waals surface area contributed by atoms with Crippen LogP contribution >= 0.6 is 8.46 Å². The maximum atomic E-state index is 13.5. The normalized spacial score (nSPS) is 18.0. The monoisotopic (exact) mass is 515 g/mol. The van der Waals surface area contributed by atoms with Gasteiger partial charge in [0.1, 0.15) is 11.6 Å². The van der Waals surface area contributed by atoms with E-state index < -0.39 is 6.10 Å². The van der Waals surface area contributed by atoms with Crippen molar-refractivity contribution in [1.82, 2.24) is 0 Å². The summed E-state index contributed by atoms with van der Waals surface area (Å²) < 4.78 is 38.1. The van der Waals surface area contributed by atoms with Gasteiger partial charge in [0.25, 0.3) is 0 Å². The van der Waals surface area contributed by atoms with Gasteiger partial charge in [-0.3, -0.25) is 9.36 Å². The lowest BCUT2D eigenvalue weighted by Crippen LogP contribution is -2.55. The van der Waals surface area contributed by atoms with Crippen LogP contribution in [-0.2, 0) is 9.36 Å². The van der Waals surface area contributed by atoms with Crippen LogP contribution in [0.15, 0.2) is 97.1 Å². The van der Waals surface area contributed by atoms with Crippen molar-refractivity contribution in [1.29, 1.82) is 0 Å². The van der Waals surface area contributed by atoms with Crippen molar-refractivity contribution in [3.05, 3.63) is 120 Å². The summed E-state index contributed by atoms with van der Waals surface area (Å²) in [6.45, 7) is 0. The Morgan fingerprint density at radius 1 is 0.838 bits per heavy atom. The maximum absolute atomic E-state index is 13.5. The lowest BCUT2D eigenvalue weighted by molar-refractivity contribution is -0.131. The van der Waals surface area contributed by atoms with E-state index in [4.69, 9.17) is 0 Å². The molecule has 0 radical (unpaired) electrons. The van der Waals surface area contributed by atoms with E-state index in [1.54, 1.807) is 35.2 Å². The van der Waals surface area contributed by atoms with Crippen molar-refractivity contribution >= 4 is 25.4 Å². The third kappa shape index (κ3) is 5.22. The number of aliphatic hydroxyl groups is 1. The van der Waals surface area contributed by atoms with Crippen LogP contribution in [0.4, 0.5) is 14.5 Å². The molecule has 7 heteroatoms. The fourth-order valence-electron chi connectivity index (χ4n) is 4.90. The van der Waals surface area contributed by atoms with E-state index in [0.29, 0.717) is 29.4 Å². The molecule has 0 aromatic heterocycles. The van der Waals surface area contributed by atoms with Gasteiger partial charge in [-0.1, -0.05) is 48.5 Å². The first-order valence-electron chi connectivity index (χ1n) is 12.0. The van der Waals surface area contributed by atoms with E-state index in [1.807, 2.05) is 42.5 Å². The standard InChI is InChI=1S/C30H24F2NO3P/c31-23-10-8-20(9-11-23)28(34)17-16-27-29(33(30(27)35)25-14-12-24(32)13-15-25)21-6-4-19(5-7-21)22-2-1-3-26(18-22)37-36/h1-15,18,27-29,34H,16-17H2/t27-,28+,29-/m1/s1. The molecular formula is C30H24F2NO3P. The number of aliphatic hydroxyl groups excluding tert-OH is 1. The average Bonchev–Trinajstić information content (AvgIpc) is 2.93. The molecule has 1 heterocycles. The molecule has 0 spiro atoms. The molecule has 37 heavy (non-hydrogen) atoms. The maximum Gasteiger partial charge on any atom is 0.233 e. The minimum atomic E-state index is -0.816. The van der Waals surface area contributed by atoms with Crippen LogP contribution in [0.1, 0.15) is 36.1 Å². The molecule has 4 aromatic rings. The van der Waals surface area contributed by atoms with E-state index in [0.717, 1.165) is 16.7 Å². The molecule has 1 amide bonds. The van der Waals surface area contributed by atoms with E-state index in [2.05, 4.69) is 0 Å². The first-order chi connectivity index (χ1) is 17.9. The highest BCUT2D eigenvalue weighted by Gasteiger charge is 2.48. The Morgan fingerprint density at radius 3 is 2.14 bits per heavy atom. The van der Waals surface area contributed by atoms with Gasteiger partial charge in [-0.2, -0.15) is 0 Å². The summed E-state index contributed by atoms with van der Waals surface area (Å²) in [4.78, 5) is 14.9. The molecule has 1 aliphatic heterocycles. The lowest BCUT2D eigenvalue weighted by atomic mass is 9.78. The zero-order valence-corrected chi connectivity index (χ0v) is 20.7. The van der Waals surface area contributed by atoms with Crippen LogP contribution in [0.3, 0.4) is 0 Å². The van der Waals surface area contributed by atoms with Crippen LogP contribution < -0.4 is 10.2 Å². The highest BCUT2D eigenvalue weighted by molar-refractivity contribution is 7.34. The van der Waals surface area contributed by atoms with Crippen molar-refractivity contribution in [3.8, 4) is 11.1 Å². The number of amides is 1. The Morgan fingerprint density at radius 2 is 1.49 bits per heavy atom. The fourth-order valence-corrected chi connectivity index (χ4v) is 5.24. The van der Waals surface area contributed by atoms with Crippen LogP contribution in [-0.4, -0.2) is 11.0 Å². The second-order valence-electron chi connectivity index (χ2n) is 9.14. The predicted molar refractivity (Wildman–Crippen MR) is 140 cm³/mol. The molecule has 4 aromatic carbocycles. The molecule has 0 saturated carbocycles. The first-order valence-corrected chi connectivity index (χ1v) is 12.8. The van der Waals surface area contributed by atoms with Gasteiger partial charge >= 0.3 is 0 Å². The van der Waals surface area contributed by atoms with Crippen LogP contribution in [0.2, 0.25) is 0 Å². The summed E-state index contributed by atoms with van der Waals surface area (Å²) >= 11 is 0. The Hall–Kier alpha value is -3.73. The number of β-lactam (4-membered cyclic amide) rings is 1. The summed E-state index contributed by atoms with van der Waals surface area (Å²) in [5.74, 6) is -1.21. The third-order valence-corrected chi connectivity index (χ3v) is 7.35. The molecule has 1 aliphatic rings. The quantitative estimate of drug-likeness (QED) is 0.208. The number of nitrogens with zero attached hydrogens (tertiary/aromatic N) is 1. The summed E-state index contributed by atoms with van der Waals surface area (Å²) in [6, 6.07) is 26.6. The van der Waals surface area contributed by atoms with Crippen molar-refractivity contribution in [3.63, 3.8) is 0 Å². The van der Waals surface area contributed by atoms with Crippen LogP contribution in [0, 0.1) is 17.6 Å². The van der Waals surface area contributed by atoms with Gasteiger partial charge in [0.2, 0.25) is 5.91 Å². The van der Waals surface area contributed by atoms with Gasteiger partial charge in [-0.25, -0.2) is 8.78 Å². The fraction of sp³-hybridized carbons (Fsp3) is 0.167. The molecule has 5 rings (SSSR count). The van der Waals surface area contributed by atoms with Crippen LogP contribution in [0.5, 0.6) is 0 Å². The van der Waals surface area contributed by atoms with Crippen molar-refractivity contribution in [2.45, 2.75) is 25.0 Å². The zero-order chi connectivity index (χ0) is 25.9. The highest BCUT2D eigenvalue weighted by Crippen LogP contribution is 2.46. The number of anilines is 1. The SMILES string of the molecule is O=Pc1cccc(-c2ccc([C@@H]3[C@@H](CC[C@H](O)c4ccc(F)cc4)C(=O)N3c3ccc(F)cc3)cc2)c1. The van der Waals surface area contributed by atoms with Crippen molar-refractivity contribution < 1.29 is 23.2 Å². The van der Waals surface area contributed by atoms with E-state index in [9.17, 15) is 23.2 Å². The number of benzene rings is 4. The number of carbonyl (C=O) groups is 1. The molecule has 186 valence electrons. The number of halogens is 2. The molecular weight excluding hydrogens is 491 g/mol. The van der Waals surface area contributed by atoms with Gasteiger partial charge in [0.15, 0.2) is 8.46 Å². The Kier molecular flexibility index (Phi) is 7.22.